The Bertz CT molecular complexity index is 116. The molecule has 0 rings (SSSR count). The van der Waals surface area contributed by atoms with Crippen molar-refractivity contribution in [2.75, 3.05) is 19.8 Å². The summed E-state index contributed by atoms with van der Waals surface area (Å²) in [5.74, 6) is -1.08. The molecule has 0 heterocycles. The Morgan fingerprint density at radius 2 is 1.46 bits per heavy atom. The van der Waals surface area contributed by atoms with E-state index in [2.05, 4.69) is 0 Å². The van der Waals surface area contributed by atoms with E-state index in [1.165, 1.54) is 0 Å². The van der Waals surface area contributed by atoms with Crippen LogP contribution in [0.2, 0.25) is 0 Å². The van der Waals surface area contributed by atoms with Gasteiger partial charge in [-0.25, -0.2) is 0 Å². The molecular formula is C6H14NNaO5. The van der Waals surface area contributed by atoms with Crippen molar-refractivity contribution in [3.63, 3.8) is 0 Å². The third kappa shape index (κ3) is 15.1. The van der Waals surface area contributed by atoms with Crippen LogP contribution in [0, 0.1) is 0 Å². The van der Waals surface area contributed by atoms with Gasteiger partial charge in [-0.15, -0.1) is 0 Å². The van der Waals surface area contributed by atoms with Gasteiger partial charge in [0.1, 0.15) is 0 Å². The third-order valence-corrected chi connectivity index (χ3v) is 0.945. The number of rotatable bonds is 3. The van der Waals surface area contributed by atoms with Gasteiger partial charge in [-0.2, -0.15) is 0 Å². The fourth-order valence-corrected chi connectivity index (χ4v) is 0.150. The van der Waals surface area contributed by atoms with Gasteiger partial charge in [-0.3, -0.25) is 0 Å². The van der Waals surface area contributed by atoms with Crippen LogP contribution >= 0.6 is 0 Å². The van der Waals surface area contributed by atoms with Crippen molar-refractivity contribution in [1.29, 1.82) is 0 Å². The molecule has 0 atom stereocenters. The van der Waals surface area contributed by atoms with Crippen molar-refractivity contribution >= 4 is 5.97 Å². The van der Waals surface area contributed by atoms with Crippen molar-refractivity contribution in [3.8, 4) is 0 Å². The summed E-state index contributed by atoms with van der Waals surface area (Å²) in [6, 6.07) is 0. The molecule has 5 N–H and O–H groups in total. The smallest absolute Gasteiger partial charge is 0.550 e. The molecule has 0 aromatic rings. The average molecular weight is 203 g/mol. The number of carboxylic acids is 1. The molecule has 6 nitrogen and oxygen atoms in total. The van der Waals surface area contributed by atoms with Crippen LogP contribution in [0.4, 0.5) is 0 Å². The summed E-state index contributed by atoms with van der Waals surface area (Å²) < 4.78 is 0. The standard InChI is InChI=1S/C4H11NO3.C2H4O2.Na/c5-4(1-6,2-7)3-8;1-2(3)4;/h6-8H,1-3,5H2;1H3,(H,3,4);/q;;+1/p-1. The molecule has 13 heavy (non-hydrogen) atoms. The number of aliphatic hydroxyl groups excluding tert-OH is 3. The maximum atomic E-state index is 8.89. The summed E-state index contributed by atoms with van der Waals surface area (Å²) in [4.78, 5) is 8.89. The molecule has 0 aliphatic heterocycles. The SMILES string of the molecule is CC(=O)[O-].NC(CO)(CO)CO.[Na+]. The first-order valence-corrected chi connectivity index (χ1v) is 3.21. The normalized spacial score (nSPS) is 9.31. The molecule has 0 amide bonds. The first-order valence-electron chi connectivity index (χ1n) is 3.21. The van der Waals surface area contributed by atoms with Crippen LogP contribution in [-0.2, 0) is 4.79 Å². The van der Waals surface area contributed by atoms with Gasteiger partial charge in [0, 0.05) is 5.97 Å². The predicted octanol–water partition coefficient (Wildman–Crippen LogP) is -6.58. The largest absolute Gasteiger partial charge is 1.00 e. The van der Waals surface area contributed by atoms with E-state index in [1.54, 1.807) is 0 Å². The summed E-state index contributed by atoms with van der Waals surface area (Å²) in [7, 11) is 0. The van der Waals surface area contributed by atoms with Crippen LogP contribution in [0.15, 0.2) is 0 Å². The maximum absolute atomic E-state index is 8.89. The Balaban J connectivity index is -0.000000173. The Hall–Kier alpha value is 0.310. The van der Waals surface area contributed by atoms with Crippen LogP contribution in [0.5, 0.6) is 0 Å². The van der Waals surface area contributed by atoms with Crippen LogP contribution in [0.3, 0.4) is 0 Å². The van der Waals surface area contributed by atoms with E-state index in [-0.39, 0.29) is 29.6 Å². The van der Waals surface area contributed by atoms with E-state index in [1.807, 2.05) is 0 Å². The topological polar surface area (TPSA) is 127 Å². The van der Waals surface area contributed by atoms with Gasteiger partial charge in [0.05, 0.1) is 25.4 Å². The van der Waals surface area contributed by atoms with Crippen molar-refractivity contribution in [2.45, 2.75) is 12.5 Å². The summed E-state index contributed by atoms with van der Waals surface area (Å²) in [5.41, 5.74) is 3.94. The molecule has 0 bridgehead atoms. The van der Waals surface area contributed by atoms with Crippen LogP contribution in [0.1, 0.15) is 6.92 Å². The number of hydrogen-bond donors (Lipinski definition) is 4. The second-order valence-electron chi connectivity index (χ2n) is 2.33. The van der Waals surface area contributed by atoms with Gasteiger partial charge >= 0.3 is 29.6 Å². The molecule has 0 saturated heterocycles. The zero-order chi connectivity index (χ0) is 10.2. The van der Waals surface area contributed by atoms with Gasteiger partial charge in [0.15, 0.2) is 0 Å². The molecule has 0 aromatic heterocycles. The number of carbonyl (C=O) groups excluding carboxylic acids is 1. The first-order chi connectivity index (χ1) is 5.41. The van der Waals surface area contributed by atoms with Crippen LogP contribution < -0.4 is 40.4 Å². The molecule has 74 valence electrons. The Morgan fingerprint density at radius 3 is 1.46 bits per heavy atom. The number of carbonyl (C=O) groups is 1. The molecule has 0 aliphatic rings. The molecule has 0 aliphatic carbocycles. The molecule has 0 fully saturated rings. The van der Waals surface area contributed by atoms with E-state index in [4.69, 9.17) is 31.0 Å². The van der Waals surface area contributed by atoms with Crippen molar-refractivity contribution in [3.05, 3.63) is 0 Å². The molecule has 0 spiro atoms. The third-order valence-electron chi connectivity index (χ3n) is 0.945. The fraction of sp³-hybridized carbons (Fsp3) is 0.833. The second kappa shape index (κ2) is 10.4. The summed E-state index contributed by atoms with van der Waals surface area (Å²) in [5, 5.41) is 33.9. The van der Waals surface area contributed by atoms with Crippen molar-refractivity contribution in [1.82, 2.24) is 0 Å². The number of aliphatic carboxylic acids is 1. The Kier molecular flexibility index (Phi) is 15.2. The molecule has 0 saturated carbocycles. The molecule has 0 aromatic carbocycles. The second-order valence-corrected chi connectivity index (χ2v) is 2.33. The van der Waals surface area contributed by atoms with Gasteiger partial charge < -0.3 is 31.0 Å². The summed E-state index contributed by atoms with van der Waals surface area (Å²) in [6.45, 7) is -0.236. The number of nitrogens with two attached hydrogens (primary N) is 1. The zero-order valence-corrected chi connectivity index (χ0v) is 9.86. The number of hydrogen-bond acceptors (Lipinski definition) is 6. The molecular weight excluding hydrogens is 189 g/mol. The average Bonchev–Trinajstić information content (AvgIpc) is 2.02. The summed E-state index contributed by atoms with van der Waals surface area (Å²) in [6.07, 6.45) is 0. The number of aliphatic hydroxyl groups is 3. The van der Waals surface area contributed by atoms with Gasteiger partial charge in [0.25, 0.3) is 0 Å². The quantitative estimate of drug-likeness (QED) is 0.338. The van der Waals surface area contributed by atoms with Crippen molar-refractivity contribution in [2.24, 2.45) is 5.73 Å². The zero-order valence-electron chi connectivity index (χ0n) is 7.86. The van der Waals surface area contributed by atoms with Crippen LogP contribution in [-0.4, -0.2) is 46.6 Å². The van der Waals surface area contributed by atoms with E-state index in [0.29, 0.717) is 0 Å². The van der Waals surface area contributed by atoms with E-state index in [9.17, 15) is 0 Å². The minimum Gasteiger partial charge on any atom is -0.550 e. The molecule has 0 unspecified atom stereocenters. The maximum Gasteiger partial charge on any atom is 1.00 e. The van der Waals surface area contributed by atoms with E-state index in [0.717, 1.165) is 6.92 Å². The number of carboxylic acid groups (broad SMARTS) is 1. The fourth-order valence-electron chi connectivity index (χ4n) is 0.150. The molecule has 7 heteroatoms. The Labute approximate surface area is 98.7 Å². The van der Waals surface area contributed by atoms with Gasteiger partial charge in [-0.05, 0) is 6.92 Å². The van der Waals surface area contributed by atoms with Crippen molar-refractivity contribution < 1.29 is 54.8 Å². The Morgan fingerprint density at radius 1 is 1.31 bits per heavy atom. The monoisotopic (exact) mass is 203 g/mol. The minimum absolute atomic E-state index is 0. The van der Waals surface area contributed by atoms with Gasteiger partial charge in [0.2, 0.25) is 0 Å². The summed E-state index contributed by atoms with van der Waals surface area (Å²) >= 11 is 0. The predicted molar refractivity (Wildman–Crippen MR) is 38.9 cm³/mol. The molecule has 0 radical (unpaired) electrons. The first kappa shape index (κ1) is 19.0. The van der Waals surface area contributed by atoms with E-state index >= 15 is 0 Å². The van der Waals surface area contributed by atoms with E-state index < -0.39 is 31.3 Å². The minimum atomic E-state index is -1.21. The van der Waals surface area contributed by atoms with Crippen LogP contribution in [0.25, 0.3) is 0 Å². The van der Waals surface area contributed by atoms with Gasteiger partial charge in [-0.1, -0.05) is 0 Å².